The Balaban J connectivity index is 1.45. The monoisotopic (exact) mass is 373 g/mol. The van der Waals surface area contributed by atoms with E-state index in [-0.39, 0.29) is 12.1 Å². The van der Waals surface area contributed by atoms with Crippen molar-refractivity contribution in [3.63, 3.8) is 0 Å². The quantitative estimate of drug-likeness (QED) is 0.658. The lowest BCUT2D eigenvalue weighted by Gasteiger charge is -2.13. The summed E-state index contributed by atoms with van der Waals surface area (Å²) in [5, 5.41) is 18.5. The SMILES string of the molecule is Cc1ccc(OCc2nnc(NC(=O)N[C@@H](C)Cn3cncn3)s2)cc1. The van der Waals surface area contributed by atoms with E-state index in [1.54, 1.807) is 11.0 Å². The van der Waals surface area contributed by atoms with Crippen LogP contribution in [0.25, 0.3) is 0 Å². The molecular formula is C16H19N7O2S. The zero-order valence-electron chi connectivity index (χ0n) is 14.4. The van der Waals surface area contributed by atoms with Crippen molar-refractivity contribution in [2.24, 2.45) is 0 Å². The molecule has 0 saturated carbocycles. The number of nitrogens with zero attached hydrogens (tertiary/aromatic N) is 5. The third kappa shape index (κ3) is 5.24. The molecule has 0 spiro atoms. The van der Waals surface area contributed by atoms with Gasteiger partial charge >= 0.3 is 6.03 Å². The van der Waals surface area contributed by atoms with Crippen LogP contribution in [0.5, 0.6) is 5.75 Å². The summed E-state index contributed by atoms with van der Waals surface area (Å²) < 4.78 is 7.30. The summed E-state index contributed by atoms with van der Waals surface area (Å²) in [6, 6.07) is 7.30. The van der Waals surface area contributed by atoms with Gasteiger partial charge in [-0.25, -0.2) is 9.78 Å². The van der Waals surface area contributed by atoms with Crippen LogP contribution in [-0.4, -0.2) is 37.0 Å². The van der Waals surface area contributed by atoms with Gasteiger partial charge in [-0.2, -0.15) is 5.10 Å². The van der Waals surface area contributed by atoms with E-state index in [1.165, 1.54) is 23.2 Å². The van der Waals surface area contributed by atoms with Crippen LogP contribution in [0.4, 0.5) is 9.93 Å². The second-order valence-corrected chi connectivity index (χ2v) is 6.78. The Labute approximate surface area is 154 Å². The van der Waals surface area contributed by atoms with Crippen LogP contribution in [-0.2, 0) is 13.2 Å². The van der Waals surface area contributed by atoms with Gasteiger partial charge in [-0.3, -0.25) is 10.00 Å². The molecule has 2 heterocycles. The van der Waals surface area contributed by atoms with Gasteiger partial charge in [-0.05, 0) is 26.0 Å². The molecule has 2 amide bonds. The molecule has 2 N–H and O–H groups in total. The fraction of sp³-hybridized carbons (Fsp3) is 0.312. The van der Waals surface area contributed by atoms with E-state index in [0.717, 1.165) is 5.75 Å². The molecule has 0 aliphatic rings. The highest BCUT2D eigenvalue weighted by molar-refractivity contribution is 7.15. The van der Waals surface area contributed by atoms with Gasteiger partial charge in [-0.1, -0.05) is 29.0 Å². The average molecular weight is 373 g/mol. The van der Waals surface area contributed by atoms with Gasteiger partial charge in [0, 0.05) is 6.04 Å². The van der Waals surface area contributed by atoms with E-state index < -0.39 is 0 Å². The summed E-state index contributed by atoms with van der Waals surface area (Å²) in [5.41, 5.74) is 1.17. The van der Waals surface area contributed by atoms with E-state index >= 15 is 0 Å². The number of aromatic nitrogens is 5. The second-order valence-electron chi connectivity index (χ2n) is 5.72. The third-order valence-corrected chi connectivity index (χ3v) is 4.19. The van der Waals surface area contributed by atoms with Gasteiger partial charge in [0.05, 0.1) is 6.54 Å². The Morgan fingerprint density at radius 3 is 2.85 bits per heavy atom. The topological polar surface area (TPSA) is 107 Å². The number of rotatable bonds is 7. The zero-order valence-corrected chi connectivity index (χ0v) is 15.2. The smallest absolute Gasteiger partial charge is 0.321 e. The minimum Gasteiger partial charge on any atom is -0.486 e. The van der Waals surface area contributed by atoms with E-state index in [9.17, 15) is 4.79 Å². The molecule has 0 bridgehead atoms. The van der Waals surface area contributed by atoms with Crippen LogP contribution in [0.2, 0.25) is 0 Å². The first kappa shape index (κ1) is 17.8. The summed E-state index contributed by atoms with van der Waals surface area (Å²) in [6.07, 6.45) is 3.05. The van der Waals surface area contributed by atoms with Gasteiger partial charge < -0.3 is 10.1 Å². The molecule has 26 heavy (non-hydrogen) atoms. The number of benzene rings is 1. The molecule has 0 radical (unpaired) electrons. The molecule has 0 aliphatic carbocycles. The number of hydrogen-bond donors (Lipinski definition) is 2. The molecule has 0 unspecified atom stereocenters. The summed E-state index contributed by atoms with van der Waals surface area (Å²) >= 11 is 1.27. The molecule has 3 aromatic rings. The first-order valence-electron chi connectivity index (χ1n) is 8.00. The first-order valence-corrected chi connectivity index (χ1v) is 8.82. The summed E-state index contributed by atoms with van der Waals surface area (Å²) in [5.74, 6) is 0.764. The van der Waals surface area contributed by atoms with Crippen molar-refractivity contribution in [1.82, 2.24) is 30.3 Å². The molecule has 3 rings (SSSR count). The third-order valence-electron chi connectivity index (χ3n) is 3.38. The standard InChI is InChI=1S/C16H19N7O2S/c1-11-3-5-13(6-4-11)25-8-14-21-22-16(26-14)20-15(24)19-12(2)7-23-10-17-9-18-23/h3-6,9-10,12H,7-8H2,1-2H3,(H2,19,20,22,24)/t12-/m0/s1. The lowest BCUT2D eigenvalue weighted by Crippen LogP contribution is -2.38. The van der Waals surface area contributed by atoms with Crippen molar-refractivity contribution in [2.45, 2.75) is 33.0 Å². The number of nitrogens with one attached hydrogen (secondary N) is 2. The Morgan fingerprint density at radius 2 is 2.12 bits per heavy atom. The maximum Gasteiger partial charge on any atom is 0.321 e. The fourth-order valence-corrected chi connectivity index (χ4v) is 2.80. The maximum atomic E-state index is 12.0. The Kier molecular flexibility index (Phi) is 5.74. The number of amides is 2. The lowest BCUT2D eigenvalue weighted by atomic mass is 10.2. The lowest BCUT2D eigenvalue weighted by molar-refractivity contribution is 0.247. The summed E-state index contributed by atoms with van der Waals surface area (Å²) in [6.45, 7) is 4.72. The van der Waals surface area contributed by atoms with E-state index in [0.29, 0.717) is 23.3 Å². The Bertz CT molecular complexity index is 833. The van der Waals surface area contributed by atoms with Crippen molar-refractivity contribution in [2.75, 3.05) is 5.32 Å². The highest BCUT2D eigenvalue weighted by Gasteiger charge is 2.11. The predicted octanol–water partition coefficient (Wildman–Crippen LogP) is 2.23. The number of carbonyl (C=O) groups is 1. The fourth-order valence-electron chi connectivity index (χ4n) is 2.15. The van der Waals surface area contributed by atoms with Crippen LogP contribution in [0, 0.1) is 6.92 Å². The minimum atomic E-state index is -0.347. The maximum absolute atomic E-state index is 12.0. The molecule has 0 saturated heterocycles. The molecule has 2 aromatic heterocycles. The van der Waals surface area contributed by atoms with Crippen LogP contribution >= 0.6 is 11.3 Å². The van der Waals surface area contributed by atoms with Crippen molar-refractivity contribution in [1.29, 1.82) is 0 Å². The van der Waals surface area contributed by atoms with Crippen molar-refractivity contribution >= 4 is 22.5 Å². The highest BCUT2D eigenvalue weighted by Crippen LogP contribution is 2.18. The Morgan fingerprint density at radius 1 is 1.31 bits per heavy atom. The number of ether oxygens (including phenoxy) is 1. The number of carbonyl (C=O) groups excluding carboxylic acids is 1. The number of urea groups is 1. The van der Waals surface area contributed by atoms with Gasteiger partial charge in [0.25, 0.3) is 0 Å². The molecule has 0 fully saturated rings. The molecule has 1 aromatic carbocycles. The predicted molar refractivity (Wildman–Crippen MR) is 97.1 cm³/mol. The first-order chi connectivity index (χ1) is 12.6. The molecular weight excluding hydrogens is 354 g/mol. The van der Waals surface area contributed by atoms with Crippen molar-refractivity contribution < 1.29 is 9.53 Å². The number of anilines is 1. The van der Waals surface area contributed by atoms with E-state index in [2.05, 4.69) is 30.9 Å². The summed E-state index contributed by atoms with van der Waals surface area (Å²) in [4.78, 5) is 15.9. The molecule has 10 heteroatoms. The molecule has 1 atom stereocenters. The van der Waals surface area contributed by atoms with Crippen LogP contribution in [0.3, 0.4) is 0 Å². The van der Waals surface area contributed by atoms with E-state index in [1.807, 2.05) is 38.1 Å². The average Bonchev–Trinajstić information content (AvgIpc) is 3.26. The van der Waals surface area contributed by atoms with Gasteiger partial charge in [-0.15, -0.1) is 10.2 Å². The largest absolute Gasteiger partial charge is 0.486 e. The van der Waals surface area contributed by atoms with Crippen LogP contribution < -0.4 is 15.4 Å². The normalized spacial score (nSPS) is 11.8. The minimum absolute atomic E-state index is 0.117. The number of hydrogen-bond acceptors (Lipinski definition) is 7. The van der Waals surface area contributed by atoms with Crippen LogP contribution in [0.1, 0.15) is 17.5 Å². The van der Waals surface area contributed by atoms with Crippen LogP contribution in [0.15, 0.2) is 36.9 Å². The summed E-state index contributed by atoms with van der Waals surface area (Å²) in [7, 11) is 0. The second kappa shape index (κ2) is 8.39. The van der Waals surface area contributed by atoms with Gasteiger partial charge in [0.15, 0.2) is 5.01 Å². The van der Waals surface area contributed by atoms with E-state index in [4.69, 9.17) is 4.74 Å². The van der Waals surface area contributed by atoms with Gasteiger partial charge in [0.1, 0.15) is 25.0 Å². The van der Waals surface area contributed by atoms with Gasteiger partial charge in [0.2, 0.25) is 5.13 Å². The number of aryl methyl sites for hydroxylation is 1. The highest BCUT2D eigenvalue weighted by atomic mass is 32.1. The van der Waals surface area contributed by atoms with Crippen molar-refractivity contribution in [3.05, 3.63) is 47.5 Å². The molecule has 9 nitrogen and oxygen atoms in total. The Hall–Kier alpha value is -3.01. The molecule has 136 valence electrons. The molecule has 0 aliphatic heterocycles. The van der Waals surface area contributed by atoms with Crippen molar-refractivity contribution in [3.8, 4) is 5.75 Å². The zero-order chi connectivity index (χ0) is 18.4.